The summed E-state index contributed by atoms with van der Waals surface area (Å²) in [7, 11) is 5.46. The molecule has 0 bridgehead atoms. The highest BCUT2D eigenvalue weighted by Gasteiger charge is 2.18. The first kappa shape index (κ1) is 8.39. The van der Waals surface area contributed by atoms with Gasteiger partial charge in [-0.2, -0.15) is 5.84 Å². The lowest BCUT2D eigenvalue weighted by Gasteiger charge is -2.30. The summed E-state index contributed by atoms with van der Waals surface area (Å²) in [5.74, 6) is 5.21. The highest BCUT2D eigenvalue weighted by Crippen LogP contribution is 1.92. The fourth-order valence-corrected chi connectivity index (χ4v) is 0.422. The molecule has 0 saturated carbocycles. The Morgan fingerprint density at radius 3 is 1.78 bits per heavy atom. The molecular weight excluding hydrogens is 118 g/mol. The summed E-state index contributed by atoms with van der Waals surface area (Å²) in [5.41, 5.74) is 0. The van der Waals surface area contributed by atoms with Crippen LogP contribution < -0.4 is 5.84 Å². The van der Waals surface area contributed by atoms with E-state index < -0.39 is 0 Å². The first-order valence-electron chi connectivity index (χ1n) is 2.73. The molecule has 0 unspecified atom stereocenters. The number of carbonyl (C=O) groups is 1. The highest BCUT2D eigenvalue weighted by molar-refractivity contribution is 5.71. The van der Waals surface area contributed by atoms with E-state index in [4.69, 9.17) is 5.84 Å². The second-order valence-electron chi connectivity index (χ2n) is 2.81. The minimum atomic E-state index is -0.137. The standard InChI is InChI=1S/C5H14N3O/c1-5(9)7(6)8(2,3)4/h6H2,1-4H3/q+1. The van der Waals surface area contributed by atoms with Crippen molar-refractivity contribution in [3.63, 3.8) is 0 Å². The van der Waals surface area contributed by atoms with Gasteiger partial charge in [0.05, 0.1) is 21.1 Å². The molecule has 0 fully saturated rings. The fourth-order valence-electron chi connectivity index (χ4n) is 0.422. The second kappa shape index (κ2) is 2.33. The second-order valence-corrected chi connectivity index (χ2v) is 2.81. The van der Waals surface area contributed by atoms with Crippen LogP contribution in [-0.4, -0.2) is 36.8 Å². The number of hydrogen-bond acceptors (Lipinski definition) is 2. The molecule has 4 heteroatoms. The number of rotatable bonds is 1. The van der Waals surface area contributed by atoms with Crippen molar-refractivity contribution < 1.29 is 9.39 Å². The van der Waals surface area contributed by atoms with E-state index in [0.29, 0.717) is 4.59 Å². The Hall–Kier alpha value is -0.610. The van der Waals surface area contributed by atoms with E-state index in [1.54, 1.807) is 0 Å². The maximum atomic E-state index is 10.6. The number of carbonyl (C=O) groups excluding carboxylic acids is 1. The van der Waals surface area contributed by atoms with E-state index in [1.165, 1.54) is 6.92 Å². The zero-order chi connectivity index (χ0) is 7.65. The van der Waals surface area contributed by atoms with Crippen LogP contribution in [0.3, 0.4) is 0 Å². The van der Waals surface area contributed by atoms with Crippen LogP contribution in [0.2, 0.25) is 0 Å². The summed E-state index contributed by atoms with van der Waals surface area (Å²) >= 11 is 0. The predicted molar refractivity (Wildman–Crippen MR) is 34.7 cm³/mol. The SMILES string of the molecule is CC(=O)N(N)[N+](C)(C)C. The molecule has 0 aromatic heterocycles. The van der Waals surface area contributed by atoms with Crippen molar-refractivity contribution in [3.05, 3.63) is 0 Å². The Morgan fingerprint density at radius 1 is 1.44 bits per heavy atom. The van der Waals surface area contributed by atoms with Crippen LogP contribution in [0.5, 0.6) is 0 Å². The lowest BCUT2D eigenvalue weighted by atomic mass is 10.7. The lowest BCUT2D eigenvalue weighted by Crippen LogP contribution is -2.57. The first-order chi connectivity index (χ1) is 3.85. The maximum Gasteiger partial charge on any atom is 0.282 e. The van der Waals surface area contributed by atoms with Gasteiger partial charge in [0.2, 0.25) is 0 Å². The molecule has 0 spiro atoms. The molecule has 0 aliphatic rings. The summed E-state index contributed by atoms with van der Waals surface area (Å²) in [6.07, 6.45) is 0. The molecular formula is C5H14N3O+. The monoisotopic (exact) mass is 132 g/mol. The van der Waals surface area contributed by atoms with Crippen LogP contribution in [0.25, 0.3) is 0 Å². The zero-order valence-corrected chi connectivity index (χ0v) is 6.38. The minimum absolute atomic E-state index is 0.137. The average Bonchev–Trinajstić information content (AvgIpc) is 1.62. The van der Waals surface area contributed by atoms with Crippen LogP contribution in [0, 0.1) is 0 Å². The molecule has 0 aromatic rings. The van der Waals surface area contributed by atoms with Gasteiger partial charge in [-0.3, -0.25) is 4.79 Å². The summed E-state index contributed by atoms with van der Waals surface area (Å²) in [4.78, 5) is 10.6. The molecule has 0 rings (SSSR count). The van der Waals surface area contributed by atoms with Crippen LogP contribution in [-0.2, 0) is 4.79 Å². The van der Waals surface area contributed by atoms with E-state index in [-0.39, 0.29) is 5.91 Å². The third kappa shape index (κ3) is 2.43. The van der Waals surface area contributed by atoms with E-state index in [2.05, 4.69) is 0 Å². The molecule has 4 nitrogen and oxygen atoms in total. The number of hydrogen-bond donors (Lipinski definition) is 1. The van der Waals surface area contributed by atoms with Crippen LogP contribution in [0.15, 0.2) is 0 Å². The molecule has 1 amide bonds. The Bertz CT molecular complexity index is 116. The summed E-state index contributed by atoms with van der Waals surface area (Å²) in [5, 5.41) is 1.15. The van der Waals surface area contributed by atoms with Gasteiger partial charge in [0.25, 0.3) is 5.91 Å². The topological polar surface area (TPSA) is 46.3 Å². The van der Waals surface area contributed by atoms with Crippen molar-refractivity contribution in [1.29, 1.82) is 0 Å². The van der Waals surface area contributed by atoms with Crippen molar-refractivity contribution in [2.24, 2.45) is 5.84 Å². The predicted octanol–water partition coefficient (Wildman–Crippen LogP) is -0.670. The van der Waals surface area contributed by atoms with Gasteiger partial charge in [-0.05, 0) is 0 Å². The first-order valence-corrected chi connectivity index (χ1v) is 2.73. The number of amides is 1. The van der Waals surface area contributed by atoms with Gasteiger partial charge < -0.3 is 0 Å². The number of hydrazine groups is 1. The van der Waals surface area contributed by atoms with Gasteiger partial charge in [-0.1, -0.05) is 0 Å². The third-order valence-corrected chi connectivity index (χ3v) is 0.969. The molecule has 2 N–H and O–H groups in total. The summed E-state index contributed by atoms with van der Waals surface area (Å²) in [6, 6.07) is 0. The normalized spacial score (nSPS) is 11.2. The van der Waals surface area contributed by atoms with Crippen LogP contribution in [0.1, 0.15) is 6.92 Å². The number of quaternary nitrogens is 1. The minimum Gasteiger partial charge on any atom is -0.268 e. The van der Waals surface area contributed by atoms with E-state index in [0.717, 1.165) is 5.12 Å². The van der Waals surface area contributed by atoms with Gasteiger partial charge >= 0.3 is 0 Å². The van der Waals surface area contributed by atoms with Gasteiger partial charge in [0.1, 0.15) is 0 Å². The molecule has 0 aliphatic carbocycles. The van der Waals surface area contributed by atoms with Crippen LogP contribution >= 0.6 is 0 Å². The zero-order valence-electron chi connectivity index (χ0n) is 6.38. The van der Waals surface area contributed by atoms with Gasteiger partial charge in [-0.15, -0.1) is 5.12 Å². The Labute approximate surface area is 55.4 Å². The molecule has 0 heterocycles. The number of nitrogens with zero attached hydrogens (tertiary/aromatic N) is 2. The van der Waals surface area contributed by atoms with Crippen molar-refractivity contribution in [2.75, 3.05) is 21.1 Å². The van der Waals surface area contributed by atoms with E-state index >= 15 is 0 Å². The Balaban J connectivity index is 4.04. The number of nitrogens with two attached hydrogens (primary N) is 1. The van der Waals surface area contributed by atoms with Crippen molar-refractivity contribution in [3.8, 4) is 0 Å². The summed E-state index contributed by atoms with van der Waals surface area (Å²) in [6.45, 7) is 1.43. The van der Waals surface area contributed by atoms with E-state index in [1.807, 2.05) is 21.1 Å². The smallest absolute Gasteiger partial charge is 0.268 e. The van der Waals surface area contributed by atoms with Crippen molar-refractivity contribution in [1.82, 2.24) is 5.12 Å². The molecule has 0 atom stereocenters. The summed E-state index contributed by atoms with van der Waals surface area (Å²) < 4.78 is 0.329. The molecule has 0 aromatic carbocycles. The van der Waals surface area contributed by atoms with Gasteiger partial charge in [0.15, 0.2) is 0 Å². The van der Waals surface area contributed by atoms with Crippen LogP contribution in [0.4, 0.5) is 0 Å². The van der Waals surface area contributed by atoms with Gasteiger partial charge in [0, 0.05) is 6.92 Å². The van der Waals surface area contributed by atoms with Gasteiger partial charge in [-0.25, -0.2) is 4.59 Å². The molecule has 9 heavy (non-hydrogen) atoms. The Kier molecular flexibility index (Phi) is 2.17. The molecule has 54 valence electrons. The van der Waals surface area contributed by atoms with E-state index in [9.17, 15) is 4.79 Å². The highest BCUT2D eigenvalue weighted by atomic mass is 16.2. The maximum absolute atomic E-state index is 10.6. The van der Waals surface area contributed by atoms with Crippen molar-refractivity contribution >= 4 is 5.91 Å². The average molecular weight is 132 g/mol. The largest absolute Gasteiger partial charge is 0.282 e. The fraction of sp³-hybridized carbons (Fsp3) is 0.800. The van der Waals surface area contributed by atoms with Crippen molar-refractivity contribution in [2.45, 2.75) is 6.92 Å². The molecule has 0 radical (unpaired) electrons. The Morgan fingerprint density at radius 2 is 1.78 bits per heavy atom. The third-order valence-electron chi connectivity index (χ3n) is 0.969. The molecule has 0 saturated heterocycles. The lowest BCUT2D eigenvalue weighted by molar-refractivity contribution is -0.975. The quantitative estimate of drug-likeness (QED) is 0.222. The molecule has 0 aliphatic heterocycles.